The van der Waals surface area contributed by atoms with Crippen molar-refractivity contribution in [2.45, 2.75) is 25.8 Å². The zero-order chi connectivity index (χ0) is 27.4. The van der Waals surface area contributed by atoms with Crippen LogP contribution in [-0.2, 0) is 27.2 Å². The molecule has 8 heteroatoms. The van der Waals surface area contributed by atoms with Crippen molar-refractivity contribution in [3.8, 4) is 23.0 Å². The van der Waals surface area contributed by atoms with Crippen LogP contribution in [0.25, 0.3) is 11.5 Å². The monoisotopic (exact) mass is 526 g/mol. The molecular formula is C31H30N2O6. The summed E-state index contributed by atoms with van der Waals surface area (Å²) in [7, 11) is 2.91. The molecule has 3 aromatic carbocycles. The van der Waals surface area contributed by atoms with E-state index in [1.165, 1.54) is 12.0 Å². The van der Waals surface area contributed by atoms with Crippen LogP contribution in [0.5, 0.6) is 11.5 Å². The number of aryl methyl sites for hydroxylation is 1. The van der Waals surface area contributed by atoms with Crippen molar-refractivity contribution in [2.75, 3.05) is 25.7 Å². The Morgan fingerprint density at radius 3 is 2.46 bits per heavy atom. The van der Waals surface area contributed by atoms with E-state index in [2.05, 4.69) is 4.98 Å². The molecule has 1 aliphatic heterocycles. The van der Waals surface area contributed by atoms with Crippen molar-refractivity contribution in [2.24, 2.45) is 5.92 Å². The fourth-order valence-corrected chi connectivity index (χ4v) is 4.81. The molecule has 0 N–H and O–H groups in total. The van der Waals surface area contributed by atoms with Gasteiger partial charge in [0.15, 0.2) is 0 Å². The summed E-state index contributed by atoms with van der Waals surface area (Å²) in [6.45, 7) is 2.32. The van der Waals surface area contributed by atoms with E-state index in [1.54, 1.807) is 31.4 Å². The van der Waals surface area contributed by atoms with Crippen molar-refractivity contribution in [1.29, 1.82) is 0 Å². The number of aromatic nitrogens is 1. The SMILES string of the molecule is COC(=O)[C@H]1[C@@H](Cc2cccc(OCCc3nc(-c4ccccc4)oc3C)c2)C(=O)N1c1ccc(OC)cc1. The first-order valence-electron chi connectivity index (χ1n) is 12.8. The Balaban J connectivity index is 1.22. The fourth-order valence-electron chi connectivity index (χ4n) is 4.81. The van der Waals surface area contributed by atoms with Gasteiger partial charge in [0.2, 0.25) is 11.8 Å². The van der Waals surface area contributed by atoms with E-state index < -0.39 is 17.9 Å². The Morgan fingerprint density at radius 1 is 0.974 bits per heavy atom. The molecule has 0 saturated carbocycles. The summed E-state index contributed by atoms with van der Waals surface area (Å²) in [5.41, 5.74) is 3.31. The number of anilines is 1. The number of nitrogens with zero attached hydrogens (tertiary/aromatic N) is 2. The van der Waals surface area contributed by atoms with Gasteiger partial charge in [0, 0.05) is 17.7 Å². The number of rotatable bonds is 10. The largest absolute Gasteiger partial charge is 0.497 e. The number of esters is 1. The smallest absolute Gasteiger partial charge is 0.329 e. The predicted octanol–water partition coefficient (Wildman–Crippen LogP) is 5.03. The summed E-state index contributed by atoms with van der Waals surface area (Å²) >= 11 is 0. The maximum absolute atomic E-state index is 13.1. The minimum atomic E-state index is -0.700. The van der Waals surface area contributed by atoms with E-state index in [9.17, 15) is 9.59 Å². The first-order chi connectivity index (χ1) is 19.0. The molecular weight excluding hydrogens is 496 g/mol. The van der Waals surface area contributed by atoms with Gasteiger partial charge in [-0.05, 0) is 67.4 Å². The molecule has 0 bridgehead atoms. The van der Waals surface area contributed by atoms with Gasteiger partial charge in [-0.15, -0.1) is 0 Å². The van der Waals surface area contributed by atoms with Gasteiger partial charge in [-0.2, -0.15) is 0 Å². The lowest BCUT2D eigenvalue weighted by Crippen LogP contribution is -2.65. The van der Waals surface area contributed by atoms with Crippen LogP contribution < -0.4 is 14.4 Å². The van der Waals surface area contributed by atoms with Gasteiger partial charge in [0.05, 0.1) is 32.4 Å². The van der Waals surface area contributed by atoms with Crippen LogP contribution in [0.3, 0.4) is 0 Å². The number of β-lactam (4-membered cyclic amide) rings is 1. The number of oxazole rings is 1. The summed E-state index contributed by atoms with van der Waals surface area (Å²) < 4.78 is 22.1. The summed E-state index contributed by atoms with van der Waals surface area (Å²) in [5.74, 6) is 1.63. The second-order valence-electron chi connectivity index (χ2n) is 9.32. The van der Waals surface area contributed by atoms with Gasteiger partial charge in [-0.25, -0.2) is 9.78 Å². The summed E-state index contributed by atoms with van der Waals surface area (Å²) in [6, 6.07) is 23.7. The highest BCUT2D eigenvalue weighted by Gasteiger charge is 2.52. The lowest BCUT2D eigenvalue weighted by molar-refractivity contribution is -0.152. The highest BCUT2D eigenvalue weighted by molar-refractivity contribution is 6.10. The van der Waals surface area contributed by atoms with Gasteiger partial charge in [0.25, 0.3) is 0 Å². The normalized spacial score (nSPS) is 16.5. The quantitative estimate of drug-likeness (QED) is 0.212. The molecule has 1 aliphatic rings. The lowest BCUT2D eigenvalue weighted by atomic mass is 9.81. The van der Waals surface area contributed by atoms with E-state index in [-0.39, 0.29) is 5.91 Å². The molecule has 0 aliphatic carbocycles. The third-order valence-electron chi connectivity index (χ3n) is 6.88. The zero-order valence-electron chi connectivity index (χ0n) is 22.1. The van der Waals surface area contributed by atoms with Crippen molar-refractivity contribution in [1.82, 2.24) is 4.98 Å². The van der Waals surface area contributed by atoms with E-state index in [4.69, 9.17) is 18.6 Å². The first kappa shape index (κ1) is 26.0. The highest BCUT2D eigenvalue weighted by Crippen LogP contribution is 2.36. The molecule has 39 heavy (non-hydrogen) atoms. The maximum atomic E-state index is 13.1. The van der Waals surface area contributed by atoms with E-state index in [0.29, 0.717) is 42.5 Å². The summed E-state index contributed by atoms with van der Waals surface area (Å²) in [5, 5.41) is 0. The number of amides is 1. The summed E-state index contributed by atoms with van der Waals surface area (Å²) in [4.78, 5) is 31.9. The zero-order valence-corrected chi connectivity index (χ0v) is 22.1. The van der Waals surface area contributed by atoms with Crippen LogP contribution in [0, 0.1) is 12.8 Å². The summed E-state index contributed by atoms with van der Waals surface area (Å²) in [6.07, 6.45) is 0.986. The molecule has 0 radical (unpaired) electrons. The third kappa shape index (κ3) is 5.50. The Kier molecular flexibility index (Phi) is 7.63. The predicted molar refractivity (Wildman–Crippen MR) is 146 cm³/mol. The molecule has 0 spiro atoms. The van der Waals surface area contributed by atoms with E-state index in [1.807, 2.05) is 61.5 Å². The molecule has 1 aromatic heterocycles. The maximum Gasteiger partial charge on any atom is 0.329 e. The van der Waals surface area contributed by atoms with E-state index in [0.717, 1.165) is 22.6 Å². The second kappa shape index (κ2) is 11.4. The molecule has 5 rings (SSSR count). The molecule has 200 valence electrons. The number of carbonyl (C=O) groups excluding carboxylic acids is 2. The van der Waals surface area contributed by atoms with Gasteiger partial charge < -0.3 is 18.6 Å². The van der Waals surface area contributed by atoms with Crippen molar-refractivity contribution in [3.05, 3.63) is 95.9 Å². The Hall–Kier alpha value is -4.59. The first-order valence-corrected chi connectivity index (χ1v) is 12.8. The molecule has 1 amide bonds. The number of benzene rings is 3. The molecule has 1 saturated heterocycles. The Labute approximate surface area is 227 Å². The standard InChI is InChI=1S/C31H30N2O6/c1-20-27(32-29(39-20)22-9-5-4-6-10-22)16-17-38-25-11-7-8-21(18-25)19-26-28(31(35)37-3)33(30(26)34)23-12-14-24(36-2)15-13-23/h4-15,18,26,28H,16-17,19H2,1-3H3/t26-,28-/m1/s1. The van der Waals surface area contributed by atoms with Gasteiger partial charge in [0.1, 0.15) is 23.3 Å². The number of hydrogen-bond donors (Lipinski definition) is 0. The van der Waals surface area contributed by atoms with Crippen LogP contribution in [0.1, 0.15) is 17.0 Å². The minimum absolute atomic E-state index is 0.127. The minimum Gasteiger partial charge on any atom is -0.497 e. The Bertz CT molecular complexity index is 1450. The fraction of sp³-hybridized carbons (Fsp3) is 0.258. The molecule has 0 unspecified atom stereocenters. The number of hydrogen-bond acceptors (Lipinski definition) is 7. The molecule has 8 nitrogen and oxygen atoms in total. The highest BCUT2D eigenvalue weighted by atomic mass is 16.5. The number of ether oxygens (including phenoxy) is 3. The Morgan fingerprint density at radius 2 is 1.74 bits per heavy atom. The van der Waals surface area contributed by atoms with E-state index >= 15 is 0 Å². The average Bonchev–Trinajstić information content (AvgIpc) is 3.35. The molecule has 2 atom stereocenters. The average molecular weight is 527 g/mol. The van der Waals surface area contributed by atoms with Gasteiger partial charge in [-0.3, -0.25) is 9.69 Å². The molecule has 1 fully saturated rings. The van der Waals surface area contributed by atoms with Crippen LogP contribution in [0.2, 0.25) is 0 Å². The van der Waals surface area contributed by atoms with Gasteiger partial charge in [-0.1, -0.05) is 30.3 Å². The molecule has 2 heterocycles. The lowest BCUT2D eigenvalue weighted by Gasteiger charge is -2.45. The van der Waals surface area contributed by atoms with Crippen molar-refractivity contribution >= 4 is 17.6 Å². The van der Waals surface area contributed by atoms with Crippen LogP contribution >= 0.6 is 0 Å². The number of carbonyl (C=O) groups is 2. The second-order valence-corrected chi connectivity index (χ2v) is 9.32. The van der Waals surface area contributed by atoms with Crippen molar-refractivity contribution in [3.63, 3.8) is 0 Å². The van der Waals surface area contributed by atoms with Gasteiger partial charge >= 0.3 is 5.97 Å². The van der Waals surface area contributed by atoms with Crippen LogP contribution in [0.15, 0.2) is 83.3 Å². The van der Waals surface area contributed by atoms with Crippen LogP contribution in [-0.4, -0.2) is 43.7 Å². The third-order valence-corrected chi connectivity index (χ3v) is 6.88. The van der Waals surface area contributed by atoms with Crippen molar-refractivity contribution < 1.29 is 28.2 Å². The number of methoxy groups -OCH3 is 2. The topological polar surface area (TPSA) is 91.1 Å². The van der Waals surface area contributed by atoms with Crippen LogP contribution in [0.4, 0.5) is 5.69 Å². The molecule has 4 aromatic rings.